The van der Waals surface area contributed by atoms with Crippen molar-refractivity contribution in [3.63, 3.8) is 0 Å². The molecule has 44 heavy (non-hydrogen) atoms. The monoisotopic (exact) mass is 622 g/mol. The van der Waals surface area contributed by atoms with Crippen LogP contribution in [0, 0.1) is 11.7 Å². The van der Waals surface area contributed by atoms with Gasteiger partial charge in [0.25, 0.3) is 5.91 Å². The van der Waals surface area contributed by atoms with Gasteiger partial charge in [0.2, 0.25) is 5.91 Å². The number of nitrogens with one attached hydrogen (secondary N) is 2. The molecule has 2 aliphatic heterocycles. The summed E-state index contributed by atoms with van der Waals surface area (Å²) in [5.41, 5.74) is 1.63. The topological polar surface area (TPSA) is 126 Å². The van der Waals surface area contributed by atoms with E-state index < -0.39 is 11.9 Å². The van der Waals surface area contributed by atoms with Gasteiger partial charge in [-0.05, 0) is 43.0 Å². The van der Waals surface area contributed by atoms with Gasteiger partial charge in [0.15, 0.2) is 6.10 Å². The third kappa shape index (κ3) is 7.25. The Morgan fingerprint density at radius 3 is 2.66 bits per heavy atom. The lowest BCUT2D eigenvalue weighted by Crippen LogP contribution is -2.51. The quantitative estimate of drug-likeness (QED) is 0.251. The Hall–Kier alpha value is -4.29. The van der Waals surface area contributed by atoms with Gasteiger partial charge in [-0.25, -0.2) is 14.4 Å². The van der Waals surface area contributed by atoms with E-state index >= 15 is 0 Å². The zero-order valence-corrected chi connectivity index (χ0v) is 24.7. The molecule has 1 saturated carbocycles. The average Bonchev–Trinajstić information content (AvgIpc) is 3.75. The maximum atomic E-state index is 13.7. The maximum absolute atomic E-state index is 13.7. The van der Waals surface area contributed by atoms with Gasteiger partial charge < -0.3 is 25.0 Å². The van der Waals surface area contributed by atoms with E-state index in [0.717, 1.165) is 12.8 Å². The first-order valence-corrected chi connectivity index (χ1v) is 15.0. The lowest BCUT2D eigenvalue weighted by molar-refractivity contribution is -0.153. The summed E-state index contributed by atoms with van der Waals surface area (Å²) in [7, 11) is 0. The van der Waals surface area contributed by atoms with Gasteiger partial charge in [-0.1, -0.05) is 17.7 Å². The fourth-order valence-electron chi connectivity index (χ4n) is 5.14. The molecule has 0 unspecified atom stereocenters. The first-order chi connectivity index (χ1) is 21.3. The second kappa shape index (κ2) is 13.1. The van der Waals surface area contributed by atoms with Crippen molar-refractivity contribution in [3.05, 3.63) is 59.7 Å². The first-order valence-electron chi connectivity index (χ1n) is 14.6. The fourth-order valence-corrected chi connectivity index (χ4v) is 5.32. The van der Waals surface area contributed by atoms with Gasteiger partial charge in [0, 0.05) is 68.8 Å². The van der Waals surface area contributed by atoms with Crippen molar-refractivity contribution in [2.24, 2.45) is 5.92 Å². The lowest BCUT2D eigenvalue weighted by atomic mass is 10.1. The summed E-state index contributed by atoms with van der Waals surface area (Å²) in [5.74, 6) is 0.168. The molecular weight excluding hydrogens is 591 g/mol. The minimum Gasteiger partial charge on any atom is -0.491 e. The molecule has 1 atom stereocenters. The molecule has 13 heteroatoms. The Morgan fingerprint density at radius 2 is 1.93 bits per heavy atom. The van der Waals surface area contributed by atoms with Crippen molar-refractivity contribution in [1.29, 1.82) is 0 Å². The number of fused-ring (bicyclic) bond motifs is 1. The molecule has 2 aromatic carbocycles. The van der Waals surface area contributed by atoms with E-state index in [-0.39, 0.29) is 29.2 Å². The Kier molecular flexibility index (Phi) is 8.89. The van der Waals surface area contributed by atoms with Crippen molar-refractivity contribution in [3.8, 4) is 5.75 Å². The summed E-state index contributed by atoms with van der Waals surface area (Å²) in [6.07, 6.45) is 6.97. The van der Waals surface area contributed by atoms with Crippen LogP contribution in [0.3, 0.4) is 0 Å². The number of piperazine rings is 1. The minimum absolute atomic E-state index is 0.0180. The zero-order valence-electron chi connectivity index (χ0n) is 23.9. The van der Waals surface area contributed by atoms with Crippen molar-refractivity contribution >= 4 is 57.5 Å². The Bertz CT molecular complexity index is 1610. The Labute approximate surface area is 258 Å². The number of benzene rings is 2. The molecule has 2 amide bonds. The molecule has 0 spiro atoms. The van der Waals surface area contributed by atoms with Crippen LogP contribution in [0.1, 0.15) is 25.7 Å². The Morgan fingerprint density at radius 1 is 1.11 bits per heavy atom. The normalized spacial score (nSPS) is 18.9. The molecule has 3 aromatic rings. The lowest BCUT2D eigenvalue weighted by Gasteiger charge is -2.35. The molecule has 3 fully saturated rings. The van der Waals surface area contributed by atoms with E-state index in [1.807, 2.05) is 0 Å². The highest BCUT2D eigenvalue weighted by molar-refractivity contribution is 6.31. The van der Waals surface area contributed by atoms with E-state index in [1.165, 1.54) is 24.5 Å². The van der Waals surface area contributed by atoms with Crippen LogP contribution in [0.5, 0.6) is 5.75 Å². The molecule has 3 aliphatic rings. The van der Waals surface area contributed by atoms with Crippen LogP contribution in [0.4, 0.5) is 21.6 Å². The number of rotatable bonds is 10. The van der Waals surface area contributed by atoms with Gasteiger partial charge >= 0.3 is 5.97 Å². The first kappa shape index (κ1) is 29.8. The molecule has 0 radical (unpaired) electrons. The number of hydrogen-bond donors (Lipinski definition) is 2. The highest BCUT2D eigenvalue weighted by atomic mass is 35.5. The van der Waals surface area contributed by atoms with Crippen LogP contribution >= 0.6 is 11.6 Å². The number of carbonyl (C=O) groups excluding carboxylic acids is 3. The summed E-state index contributed by atoms with van der Waals surface area (Å²) < 4.78 is 24.9. The number of anilines is 3. The van der Waals surface area contributed by atoms with Crippen molar-refractivity contribution in [1.82, 2.24) is 19.8 Å². The summed E-state index contributed by atoms with van der Waals surface area (Å²) in [5, 5.41) is 6.70. The van der Waals surface area contributed by atoms with Gasteiger partial charge in [-0.3, -0.25) is 19.3 Å². The van der Waals surface area contributed by atoms with Crippen LogP contribution in [0.15, 0.2) is 48.8 Å². The number of halogens is 2. The van der Waals surface area contributed by atoms with Crippen LogP contribution in [-0.4, -0.2) is 83.0 Å². The van der Waals surface area contributed by atoms with Gasteiger partial charge in [0.05, 0.1) is 22.8 Å². The number of esters is 1. The number of amides is 2. The number of ether oxygens (including phenoxy) is 2. The zero-order chi connectivity index (χ0) is 30.6. The predicted molar refractivity (Wildman–Crippen MR) is 162 cm³/mol. The van der Waals surface area contributed by atoms with Crippen LogP contribution in [0.2, 0.25) is 5.02 Å². The van der Waals surface area contributed by atoms with Gasteiger partial charge in [-0.2, -0.15) is 0 Å². The van der Waals surface area contributed by atoms with E-state index in [4.69, 9.17) is 21.1 Å². The van der Waals surface area contributed by atoms with Gasteiger partial charge in [-0.15, -0.1) is 0 Å². The molecule has 2 saturated heterocycles. The number of aromatic nitrogens is 2. The highest BCUT2D eigenvalue weighted by Crippen LogP contribution is 2.36. The predicted octanol–water partition coefficient (Wildman–Crippen LogP) is 4.30. The average molecular weight is 623 g/mol. The molecule has 6 rings (SSSR count). The van der Waals surface area contributed by atoms with Crippen molar-refractivity contribution < 1.29 is 28.2 Å². The standard InChI is InChI=1S/C31H32ClFN6O5/c32-22-14-20(5-6-23(22)33)36-30-21-15-25(27(43-17-19-3-4-19)16-24(21)34-18-35-30)37-28(40)2-1-9-38-10-12-39(13-11-38)31(42)26-7-8-29(41)44-26/h1-2,5-6,14-16,18-19,26H,3-4,7-13,17H2,(H,37,40)(H,34,35,36)/b2-1+/t26-/m0/s1. The summed E-state index contributed by atoms with van der Waals surface area (Å²) >= 11 is 5.95. The van der Waals surface area contributed by atoms with E-state index in [1.54, 1.807) is 29.2 Å². The largest absolute Gasteiger partial charge is 0.491 e. The maximum Gasteiger partial charge on any atom is 0.306 e. The second-order valence-electron chi connectivity index (χ2n) is 11.1. The molecular formula is C31H32ClFN6O5. The number of nitrogens with zero attached hydrogens (tertiary/aromatic N) is 4. The molecule has 1 aliphatic carbocycles. The summed E-state index contributed by atoms with van der Waals surface area (Å²) in [6, 6.07) is 7.82. The van der Waals surface area contributed by atoms with Crippen LogP contribution in [0.25, 0.3) is 10.9 Å². The molecule has 230 valence electrons. The SMILES string of the molecule is O=C(/C=C/CN1CCN(C(=O)[C@@H]2CCC(=O)O2)CC1)Nc1cc2c(Nc3ccc(F)c(Cl)c3)ncnc2cc1OCC1CC1. The van der Waals surface area contributed by atoms with Crippen molar-refractivity contribution in [2.75, 3.05) is 50.0 Å². The van der Waals surface area contributed by atoms with E-state index in [9.17, 15) is 18.8 Å². The third-order valence-electron chi connectivity index (χ3n) is 7.82. The third-order valence-corrected chi connectivity index (χ3v) is 8.11. The molecule has 0 bridgehead atoms. The van der Waals surface area contributed by atoms with Crippen LogP contribution < -0.4 is 15.4 Å². The Balaban J connectivity index is 1.10. The molecule has 3 heterocycles. The molecule has 2 N–H and O–H groups in total. The number of cyclic esters (lactones) is 1. The van der Waals surface area contributed by atoms with E-state index in [2.05, 4.69) is 25.5 Å². The summed E-state index contributed by atoms with van der Waals surface area (Å²) in [6.45, 7) is 3.46. The summed E-state index contributed by atoms with van der Waals surface area (Å²) in [4.78, 5) is 49.5. The van der Waals surface area contributed by atoms with Gasteiger partial charge in [0.1, 0.15) is 23.7 Å². The minimum atomic E-state index is -0.661. The smallest absolute Gasteiger partial charge is 0.306 e. The number of carbonyl (C=O) groups is 3. The van der Waals surface area contributed by atoms with Crippen molar-refractivity contribution in [2.45, 2.75) is 31.8 Å². The molecule has 1 aromatic heterocycles. The van der Waals surface area contributed by atoms with Crippen LogP contribution in [-0.2, 0) is 19.1 Å². The fraction of sp³-hybridized carbons (Fsp3) is 0.387. The molecule has 11 nitrogen and oxygen atoms in total. The number of hydrogen-bond acceptors (Lipinski definition) is 9. The van der Waals surface area contributed by atoms with E-state index in [0.29, 0.717) is 85.5 Å². The highest BCUT2D eigenvalue weighted by Gasteiger charge is 2.34. The second-order valence-corrected chi connectivity index (χ2v) is 11.5.